The van der Waals surface area contributed by atoms with Crippen molar-refractivity contribution in [2.75, 3.05) is 46.1 Å². The van der Waals surface area contributed by atoms with Crippen LogP contribution in [0.1, 0.15) is 13.8 Å². The van der Waals surface area contributed by atoms with Crippen LogP contribution in [-0.2, 0) is 19.6 Å². The number of urea groups is 1. The van der Waals surface area contributed by atoms with Crippen molar-refractivity contribution in [3.8, 4) is 0 Å². The van der Waals surface area contributed by atoms with Gasteiger partial charge in [0.05, 0.1) is 19.0 Å². The van der Waals surface area contributed by atoms with Crippen molar-refractivity contribution < 1.29 is 27.9 Å². The molecule has 0 aromatic carbocycles. The van der Waals surface area contributed by atoms with Crippen LogP contribution >= 0.6 is 0 Å². The number of rotatable bonds is 6. The number of ether oxygens (including phenoxy) is 1. The van der Waals surface area contributed by atoms with Gasteiger partial charge in [-0.3, -0.25) is 4.79 Å². The number of amides is 2. The minimum atomic E-state index is -3.67. The van der Waals surface area contributed by atoms with E-state index in [1.165, 1.54) is 0 Å². The van der Waals surface area contributed by atoms with Crippen molar-refractivity contribution in [3.05, 3.63) is 0 Å². The highest BCUT2D eigenvalue weighted by Crippen LogP contribution is 2.12. The summed E-state index contributed by atoms with van der Waals surface area (Å²) in [5, 5.41) is 8.83. The Bertz CT molecular complexity index is 536. The molecule has 1 N–H and O–H groups in total. The van der Waals surface area contributed by atoms with Gasteiger partial charge in [-0.05, 0) is 13.8 Å². The van der Waals surface area contributed by atoms with E-state index in [-0.39, 0.29) is 31.8 Å². The number of hydrogen-bond donors (Lipinski definition) is 1. The first-order valence-electron chi connectivity index (χ1n) is 7.32. The number of carbonyl (C=O) groups excluding carboxylic acids is 1. The number of nitrogens with zero attached hydrogens (tertiary/aromatic N) is 3. The van der Waals surface area contributed by atoms with Crippen molar-refractivity contribution in [2.24, 2.45) is 0 Å². The van der Waals surface area contributed by atoms with E-state index in [2.05, 4.69) is 0 Å². The number of morpholine rings is 1. The van der Waals surface area contributed by atoms with Gasteiger partial charge in [0.15, 0.2) is 0 Å². The monoisotopic (exact) mass is 351 g/mol. The zero-order valence-electron chi connectivity index (χ0n) is 13.9. The predicted octanol–water partition coefficient (Wildman–Crippen LogP) is -0.506. The van der Waals surface area contributed by atoms with Gasteiger partial charge in [0.25, 0.3) is 0 Å². The van der Waals surface area contributed by atoms with Gasteiger partial charge in [-0.15, -0.1) is 0 Å². The molecule has 0 saturated carbocycles. The van der Waals surface area contributed by atoms with Gasteiger partial charge in [0, 0.05) is 32.7 Å². The third-order valence-electron chi connectivity index (χ3n) is 3.67. The molecular weight excluding hydrogens is 326 g/mol. The van der Waals surface area contributed by atoms with E-state index in [0.717, 1.165) is 10.6 Å². The molecule has 10 heteroatoms. The fourth-order valence-corrected chi connectivity index (χ4v) is 2.92. The predicted molar refractivity (Wildman–Crippen MR) is 83.7 cm³/mol. The largest absolute Gasteiger partial charge is 0.480 e. The van der Waals surface area contributed by atoms with Gasteiger partial charge >= 0.3 is 12.0 Å². The Balaban J connectivity index is 2.74. The Kier molecular flexibility index (Phi) is 6.78. The van der Waals surface area contributed by atoms with Gasteiger partial charge in [-0.2, -0.15) is 4.31 Å². The molecule has 9 nitrogen and oxygen atoms in total. The highest BCUT2D eigenvalue weighted by Gasteiger charge is 2.31. The van der Waals surface area contributed by atoms with Crippen LogP contribution in [0, 0.1) is 0 Å². The molecule has 1 fully saturated rings. The number of sulfonamides is 1. The molecule has 0 bridgehead atoms. The second-order valence-corrected chi connectivity index (χ2v) is 7.86. The number of carbonyl (C=O) groups is 2. The molecule has 1 aliphatic rings. The van der Waals surface area contributed by atoms with Gasteiger partial charge < -0.3 is 19.6 Å². The maximum atomic E-state index is 12.3. The summed E-state index contributed by atoms with van der Waals surface area (Å²) in [6.45, 7) is 4.00. The Morgan fingerprint density at radius 2 is 2.00 bits per heavy atom. The molecule has 1 saturated heterocycles. The van der Waals surface area contributed by atoms with E-state index in [1.807, 2.05) is 13.8 Å². The van der Waals surface area contributed by atoms with Crippen LogP contribution in [-0.4, -0.2) is 97.9 Å². The minimum absolute atomic E-state index is 0.0447. The summed E-state index contributed by atoms with van der Waals surface area (Å²) >= 11 is 0. The van der Waals surface area contributed by atoms with Crippen LogP contribution in [0.15, 0.2) is 0 Å². The summed E-state index contributed by atoms with van der Waals surface area (Å²) in [5.74, 6) is -1.24. The van der Waals surface area contributed by atoms with E-state index in [0.29, 0.717) is 6.54 Å². The lowest BCUT2D eigenvalue weighted by atomic mass is 10.2. The van der Waals surface area contributed by atoms with Crippen molar-refractivity contribution in [2.45, 2.75) is 26.0 Å². The molecule has 1 atom stereocenters. The highest BCUT2D eigenvalue weighted by atomic mass is 32.2. The van der Waals surface area contributed by atoms with Crippen LogP contribution in [0.5, 0.6) is 0 Å². The van der Waals surface area contributed by atoms with E-state index in [9.17, 15) is 18.0 Å². The summed E-state index contributed by atoms with van der Waals surface area (Å²) in [4.78, 5) is 26.3. The second-order valence-electron chi connectivity index (χ2n) is 5.88. The number of aliphatic carboxylic acids is 1. The Morgan fingerprint density at radius 1 is 1.39 bits per heavy atom. The average Bonchev–Trinajstić information content (AvgIpc) is 2.43. The van der Waals surface area contributed by atoms with E-state index in [4.69, 9.17) is 9.84 Å². The summed E-state index contributed by atoms with van der Waals surface area (Å²) in [6.07, 6.45) is 0.399. The molecule has 0 aromatic rings. The molecule has 1 heterocycles. The van der Waals surface area contributed by atoms with Crippen LogP contribution in [0.25, 0.3) is 0 Å². The topological polar surface area (TPSA) is 107 Å². The molecule has 1 aliphatic heterocycles. The van der Waals surface area contributed by atoms with Crippen LogP contribution in [0.3, 0.4) is 0 Å². The normalized spacial score (nSPS) is 19.2. The molecule has 0 aromatic heterocycles. The van der Waals surface area contributed by atoms with Crippen LogP contribution < -0.4 is 0 Å². The van der Waals surface area contributed by atoms with Gasteiger partial charge in [-0.1, -0.05) is 0 Å². The maximum Gasteiger partial charge on any atom is 0.320 e. The summed E-state index contributed by atoms with van der Waals surface area (Å²) in [5.41, 5.74) is 0. The molecule has 1 unspecified atom stereocenters. The van der Waals surface area contributed by atoms with Gasteiger partial charge in [0.1, 0.15) is 6.54 Å². The number of hydrogen-bond acceptors (Lipinski definition) is 5. The second kappa shape index (κ2) is 7.93. The first-order valence-corrected chi connectivity index (χ1v) is 9.17. The van der Waals surface area contributed by atoms with E-state index >= 15 is 0 Å². The molecule has 0 aliphatic carbocycles. The van der Waals surface area contributed by atoms with Crippen LogP contribution in [0.4, 0.5) is 4.79 Å². The number of carboxylic acids is 1. The van der Waals surface area contributed by atoms with Crippen molar-refractivity contribution in [3.63, 3.8) is 0 Å². The smallest absolute Gasteiger partial charge is 0.320 e. The van der Waals surface area contributed by atoms with Crippen molar-refractivity contribution in [1.29, 1.82) is 0 Å². The lowest BCUT2D eigenvalue weighted by Crippen LogP contribution is -2.54. The summed E-state index contributed by atoms with van der Waals surface area (Å²) in [6, 6.07) is -0.110. The highest BCUT2D eigenvalue weighted by molar-refractivity contribution is 7.88. The lowest BCUT2D eigenvalue weighted by Gasteiger charge is -2.37. The van der Waals surface area contributed by atoms with Crippen molar-refractivity contribution >= 4 is 22.0 Å². The standard InChI is InChI=1S/C13H25N3O6S/c1-10(2)14(3)13(19)15-5-6-22-11(7-15)8-16(9-12(17)18)23(4,20)21/h10-11H,5-9H2,1-4H3,(H,17,18). The fourth-order valence-electron chi connectivity index (χ4n) is 2.14. The molecule has 2 amide bonds. The molecule has 0 spiro atoms. The zero-order valence-corrected chi connectivity index (χ0v) is 14.7. The van der Waals surface area contributed by atoms with Gasteiger partial charge in [-0.25, -0.2) is 13.2 Å². The summed E-state index contributed by atoms with van der Waals surface area (Å²) < 4.78 is 29.7. The molecule has 0 radical (unpaired) electrons. The summed E-state index contributed by atoms with van der Waals surface area (Å²) in [7, 11) is -1.97. The first kappa shape index (κ1) is 19.7. The third kappa shape index (κ3) is 5.96. The van der Waals surface area contributed by atoms with Gasteiger partial charge in [0.2, 0.25) is 10.0 Å². The first-order chi connectivity index (χ1) is 10.5. The lowest BCUT2D eigenvalue weighted by molar-refractivity contribution is -0.137. The quantitative estimate of drug-likeness (QED) is 0.691. The average molecular weight is 351 g/mol. The minimum Gasteiger partial charge on any atom is -0.480 e. The number of carboxylic acid groups (broad SMARTS) is 1. The van der Waals surface area contributed by atoms with E-state index in [1.54, 1.807) is 16.8 Å². The Morgan fingerprint density at radius 3 is 2.48 bits per heavy atom. The molecule has 23 heavy (non-hydrogen) atoms. The molecule has 1 rings (SSSR count). The fraction of sp³-hybridized carbons (Fsp3) is 0.846. The van der Waals surface area contributed by atoms with Crippen molar-refractivity contribution in [1.82, 2.24) is 14.1 Å². The van der Waals surface area contributed by atoms with E-state index < -0.39 is 28.6 Å². The molecular formula is C13H25N3O6S. The molecule has 134 valence electrons. The third-order valence-corrected chi connectivity index (χ3v) is 4.89. The zero-order chi connectivity index (χ0) is 17.8. The SMILES string of the molecule is CC(C)N(C)C(=O)N1CCOC(CN(CC(=O)O)S(C)(=O)=O)C1. The maximum absolute atomic E-state index is 12.3. The Hall–Kier alpha value is -1.39. The Labute approximate surface area is 136 Å². The van der Waals surface area contributed by atoms with Crippen LogP contribution in [0.2, 0.25) is 0 Å².